The molecule has 2 rings (SSSR count). The van der Waals surface area contributed by atoms with Gasteiger partial charge in [0.1, 0.15) is 0 Å². The number of hydrogen-bond acceptors (Lipinski definition) is 4. The smallest absolute Gasteiger partial charge is 0.250 e. The number of benzene rings is 1. The zero-order valence-electron chi connectivity index (χ0n) is 11.6. The number of amides is 1. The van der Waals surface area contributed by atoms with E-state index in [9.17, 15) is 4.79 Å². The average Bonchev–Trinajstić information content (AvgIpc) is 2.26. The van der Waals surface area contributed by atoms with Crippen LogP contribution in [0.3, 0.4) is 0 Å². The van der Waals surface area contributed by atoms with E-state index in [-0.39, 0.29) is 11.7 Å². The molecule has 0 radical (unpaired) electrons. The van der Waals surface area contributed by atoms with Gasteiger partial charge in [-0.15, -0.1) is 0 Å². The number of primary amides is 1. The lowest BCUT2D eigenvalue weighted by atomic mass is 10.0. The second kappa shape index (κ2) is 4.74. The van der Waals surface area contributed by atoms with Crippen LogP contribution in [0.5, 0.6) is 0 Å². The minimum absolute atomic E-state index is 0.137. The van der Waals surface area contributed by atoms with Gasteiger partial charge in [-0.2, -0.15) is 0 Å². The Balaban J connectivity index is 2.31. The van der Waals surface area contributed by atoms with Crippen molar-refractivity contribution in [3.8, 4) is 0 Å². The van der Waals surface area contributed by atoms with Gasteiger partial charge in [0.2, 0.25) is 0 Å². The Hall–Kier alpha value is -1.75. The zero-order chi connectivity index (χ0) is 14.2. The van der Waals surface area contributed by atoms with Crippen LogP contribution >= 0.6 is 0 Å². The number of nitrogens with zero attached hydrogens (tertiary/aromatic N) is 1. The van der Waals surface area contributed by atoms with Gasteiger partial charge >= 0.3 is 0 Å². The molecule has 5 heteroatoms. The maximum absolute atomic E-state index is 11.3. The summed E-state index contributed by atoms with van der Waals surface area (Å²) in [6, 6.07) is 5.39. The van der Waals surface area contributed by atoms with Crippen molar-refractivity contribution in [1.82, 2.24) is 0 Å². The molecule has 0 aliphatic carbocycles. The van der Waals surface area contributed by atoms with E-state index in [0.717, 1.165) is 18.8 Å². The molecule has 1 aromatic carbocycles. The molecule has 1 fully saturated rings. The number of hydrogen-bond donors (Lipinski definition) is 2. The molecule has 0 bridgehead atoms. The number of morpholine rings is 1. The van der Waals surface area contributed by atoms with Gasteiger partial charge < -0.3 is 21.1 Å². The summed E-state index contributed by atoms with van der Waals surface area (Å²) in [5, 5.41) is 0. The first-order valence-electron chi connectivity index (χ1n) is 6.40. The maximum atomic E-state index is 11.3. The highest BCUT2D eigenvalue weighted by atomic mass is 16.5. The van der Waals surface area contributed by atoms with Gasteiger partial charge in [-0.25, -0.2) is 0 Å². The Morgan fingerprint density at radius 3 is 2.74 bits per heavy atom. The highest BCUT2D eigenvalue weighted by Crippen LogP contribution is 2.28. The minimum atomic E-state index is -0.500. The fourth-order valence-electron chi connectivity index (χ4n) is 2.60. The van der Waals surface area contributed by atoms with Crippen LogP contribution in [0, 0.1) is 0 Å². The molecule has 104 valence electrons. The topological polar surface area (TPSA) is 81.6 Å². The molecular formula is C14H21N3O2. The van der Waals surface area contributed by atoms with Crippen molar-refractivity contribution in [2.24, 2.45) is 5.73 Å². The number of carbonyl (C=O) groups is 1. The van der Waals surface area contributed by atoms with Gasteiger partial charge in [0.05, 0.1) is 17.3 Å². The van der Waals surface area contributed by atoms with Crippen molar-refractivity contribution in [3.05, 3.63) is 23.8 Å². The summed E-state index contributed by atoms with van der Waals surface area (Å²) >= 11 is 0. The van der Waals surface area contributed by atoms with Crippen LogP contribution in [-0.4, -0.2) is 30.7 Å². The fraction of sp³-hybridized carbons (Fsp3) is 0.500. The summed E-state index contributed by atoms with van der Waals surface area (Å²) in [5.74, 6) is -0.500. The number of ether oxygens (including phenoxy) is 1. The molecule has 1 atom stereocenters. The molecule has 1 aliphatic rings. The van der Waals surface area contributed by atoms with Crippen molar-refractivity contribution >= 4 is 17.3 Å². The number of nitrogens with two attached hydrogens (primary N) is 2. The molecule has 1 saturated heterocycles. The Bertz CT molecular complexity index is 499. The summed E-state index contributed by atoms with van der Waals surface area (Å²) in [6.45, 7) is 7.70. The van der Waals surface area contributed by atoms with Gasteiger partial charge in [-0.05, 0) is 39.0 Å². The van der Waals surface area contributed by atoms with Gasteiger partial charge in [-0.1, -0.05) is 0 Å². The standard InChI is InChI=1S/C14H21N3O2/c1-9-7-17(8-14(2,3)19-9)10-4-5-12(15)11(6-10)13(16)18/h4-6,9H,7-8,15H2,1-3H3,(H2,16,18). The first kappa shape index (κ1) is 13.7. The van der Waals surface area contributed by atoms with Crippen LogP contribution in [0.2, 0.25) is 0 Å². The molecule has 5 nitrogen and oxygen atoms in total. The number of anilines is 2. The van der Waals surface area contributed by atoms with Gasteiger partial charge in [0.25, 0.3) is 5.91 Å². The molecule has 1 aromatic rings. The largest absolute Gasteiger partial charge is 0.398 e. The minimum Gasteiger partial charge on any atom is -0.398 e. The van der Waals surface area contributed by atoms with Crippen molar-refractivity contribution in [3.63, 3.8) is 0 Å². The average molecular weight is 263 g/mol. The van der Waals surface area contributed by atoms with Crippen LogP contribution in [0.15, 0.2) is 18.2 Å². The Kier molecular flexibility index (Phi) is 3.41. The highest BCUT2D eigenvalue weighted by Gasteiger charge is 2.31. The van der Waals surface area contributed by atoms with E-state index in [0.29, 0.717) is 11.3 Å². The third-order valence-electron chi connectivity index (χ3n) is 3.24. The van der Waals surface area contributed by atoms with E-state index < -0.39 is 5.91 Å². The van der Waals surface area contributed by atoms with E-state index in [1.807, 2.05) is 13.0 Å². The summed E-state index contributed by atoms with van der Waals surface area (Å²) in [5.41, 5.74) is 12.6. The lowest BCUT2D eigenvalue weighted by Gasteiger charge is -2.43. The lowest BCUT2D eigenvalue weighted by Crippen LogP contribution is -2.52. The van der Waals surface area contributed by atoms with Crippen molar-refractivity contribution in [1.29, 1.82) is 0 Å². The summed E-state index contributed by atoms with van der Waals surface area (Å²) < 4.78 is 5.87. The second-order valence-electron chi connectivity index (χ2n) is 5.70. The zero-order valence-corrected chi connectivity index (χ0v) is 11.6. The molecule has 19 heavy (non-hydrogen) atoms. The molecule has 1 heterocycles. The fourth-order valence-corrected chi connectivity index (χ4v) is 2.60. The van der Waals surface area contributed by atoms with Gasteiger partial charge in [-0.3, -0.25) is 4.79 Å². The van der Waals surface area contributed by atoms with Crippen molar-refractivity contribution < 1.29 is 9.53 Å². The molecule has 1 amide bonds. The number of carbonyl (C=O) groups excluding carboxylic acids is 1. The number of rotatable bonds is 2. The lowest BCUT2D eigenvalue weighted by molar-refractivity contribution is -0.0749. The number of nitrogen functional groups attached to an aromatic ring is 1. The van der Waals surface area contributed by atoms with E-state index >= 15 is 0 Å². The SMILES string of the molecule is CC1CN(c2ccc(N)c(C(N)=O)c2)CC(C)(C)O1. The second-order valence-corrected chi connectivity index (χ2v) is 5.70. The Morgan fingerprint density at radius 2 is 2.16 bits per heavy atom. The molecule has 0 spiro atoms. The quantitative estimate of drug-likeness (QED) is 0.790. The normalized spacial score (nSPS) is 22.3. The molecular weight excluding hydrogens is 242 g/mol. The van der Waals surface area contributed by atoms with Crippen molar-refractivity contribution in [2.75, 3.05) is 23.7 Å². The monoisotopic (exact) mass is 263 g/mol. The summed E-state index contributed by atoms with van der Waals surface area (Å²) in [6.07, 6.45) is 0.137. The van der Waals surface area contributed by atoms with Crippen molar-refractivity contribution in [2.45, 2.75) is 32.5 Å². The van der Waals surface area contributed by atoms with Crippen LogP contribution < -0.4 is 16.4 Å². The third kappa shape index (κ3) is 2.98. The molecule has 1 unspecified atom stereocenters. The van der Waals surface area contributed by atoms with Gasteiger partial charge in [0, 0.05) is 24.5 Å². The summed E-state index contributed by atoms with van der Waals surface area (Å²) in [4.78, 5) is 13.5. The predicted molar refractivity (Wildman–Crippen MR) is 76.2 cm³/mol. The van der Waals surface area contributed by atoms with Gasteiger partial charge in [0.15, 0.2) is 0 Å². The van der Waals surface area contributed by atoms with E-state index in [1.165, 1.54) is 0 Å². The first-order chi connectivity index (χ1) is 8.78. The highest BCUT2D eigenvalue weighted by molar-refractivity contribution is 5.99. The Labute approximate surface area is 113 Å². The molecule has 0 aromatic heterocycles. The first-order valence-corrected chi connectivity index (χ1v) is 6.40. The van der Waals surface area contributed by atoms with Crippen LogP contribution in [0.4, 0.5) is 11.4 Å². The predicted octanol–water partition coefficient (Wildman–Crippen LogP) is 1.37. The van der Waals surface area contributed by atoms with E-state index in [1.54, 1.807) is 12.1 Å². The molecule has 4 N–H and O–H groups in total. The van der Waals surface area contributed by atoms with E-state index in [4.69, 9.17) is 16.2 Å². The van der Waals surface area contributed by atoms with Crippen LogP contribution in [-0.2, 0) is 4.74 Å². The van der Waals surface area contributed by atoms with E-state index in [2.05, 4.69) is 18.7 Å². The Morgan fingerprint density at radius 1 is 1.47 bits per heavy atom. The van der Waals surface area contributed by atoms with Crippen LogP contribution in [0.25, 0.3) is 0 Å². The summed E-state index contributed by atoms with van der Waals surface area (Å²) in [7, 11) is 0. The molecule has 1 aliphatic heterocycles. The third-order valence-corrected chi connectivity index (χ3v) is 3.24. The maximum Gasteiger partial charge on any atom is 0.250 e. The molecule has 0 saturated carbocycles. The van der Waals surface area contributed by atoms with Crippen LogP contribution in [0.1, 0.15) is 31.1 Å².